The number of carbonyl (C=O) groups excluding carboxylic acids is 1. The molecule has 0 aliphatic heterocycles. The molecule has 0 bridgehead atoms. The molecule has 1 rings (SSSR count). The summed E-state index contributed by atoms with van der Waals surface area (Å²) < 4.78 is 0. The van der Waals surface area contributed by atoms with Crippen LogP contribution >= 0.6 is 0 Å². The molecule has 0 fully saturated rings. The molecule has 0 aromatic heterocycles. The third kappa shape index (κ3) is 4.20. The molecule has 0 unspecified atom stereocenters. The van der Waals surface area contributed by atoms with Crippen LogP contribution in [0.4, 0.5) is 11.4 Å². The van der Waals surface area contributed by atoms with Crippen LogP contribution in [0, 0.1) is 10.1 Å². The molecule has 7 heteroatoms. The summed E-state index contributed by atoms with van der Waals surface area (Å²) in [5.41, 5.74) is 0.750. The van der Waals surface area contributed by atoms with Crippen LogP contribution in [0.1, 0.15) is 18.9 Å². The number of carbonyl (C=O) groups is 1. The number of nitro benzene ring substituents is 1. The van der Waals surface area contributed by atoms with Crippen LogP contribution in [-0.2, 0) is 11.4 Å². The van der Waals surface area contributed by atoms with E-state index in [1.807, 2.05) is 6.92 Å². The topological polar surface area (TPSA) is 95.7 Å². The van der Waals surface area contributed by atoms with Gasteiger partial charge in [0.2, 0.25) is 5.91 Å². The lowest BCUT2D eigenvalue weighted by Crippen LogP contribution is -2.35. The first-order chi connectivity index (χ1) is 9.49. The van der Waals surface area contributed by atoms with Crippen LogP contribution in [0.15, 0.2) is 18.2 Å². The van der Waals surface area contributed by atoms with Gasteiger partial charge in [0.25, 0.3) is 5.69 Å². The van der Waals surface area contributed by atoms with Crippen molar-refractivity contribution < 1.29 is 14.8 Å². The van der Waals surface area contributed by atoms with E-state index in [0.717, 1.165) is 6.42 Å². The first kappa shape index (κ1) is 15.9. The molecule has 0 aliphatic carbocycles. The summed E-state index contributed by atoms with van der Waals surface area (Å²) in [6.45, 7) is 2.32. The van der Waals surface area contributed by atoms with Crippen LogP contribution < -0.4 is 10.2 Å². The van der Waals surface area contributed by atoms with Gasteiger partial charge in [-0.2, -0.15) is 0 Å². The number of amides is 1. The standard InChI is InChI=1S/C13H19N3O4/c1-3-6-14-13(18)8-15(2)11-4-5-12(16(19)20)10(7-11)9-17/h4-5,7,17H,3,6,8-9H2,1-2H3,(H,14,18). The zero-order valence-electron chi connectivity index (χ0n) is 11.6. The van der Waals surface area contributed by atoms with Crippen molar-refractivity contribution in [3.05, 3.63) is 33.9 Å². The van der Waals surface area contributed by atoms with Crippen molar-refractivity contribution in [3.8, 4) is 0 Å². The first-order valence-corrected chi connectivity index (χ1v) is 6.35. The quantitative estimate of drug-likeness (QED) is 0.575. The van der Waals surface area contributed by atoms with E-state index in [9.17, 15) is 14.9 Å². The largest absolute Gasteiger partial charge is 0.391 e. The second-order valence-corrected chi connectivity index (χ2v) is 4.43. The van der Waals surface area contributed by atoms with Gasteiger partial charge < -0.3 is 15.3 Å². The Morgan fingerprint density at radius 2 is 2.20 bits per heavy atom. The van der Waals surface area contributed by atoms with E-state index in [2.05, 4.69) is 5.32 Å². The van der Waals surface area contributed by atoms with Crippen molar-refractivity contribution in [2.45, 2.75) is 20.0 Å². The third-order valence-electron chi connectivity index (χ3n) is 2.82. The van der Waals surface area contributed by atoms with E-state index >= 15 is 0 Å². The molecule has 0 saturated carbocycles. The Morgan fingerprint density at radius 3 is 2.75 bits per heavy atom. The number of aliphatic hydroxyl groups excluding tert-OH is 1. The highest BCUT2D eigenvalue weighted by Crippen LogP contribution is 2.24. The molecular formula is C13H19N3O4. The monoisotopic (exact) mass is 281 g/mol. The zero-order valence-corrected chi connectivity index (χ0v) is 11.6. The van der Waals surface area contributed by atoms with Gasteiger partial charge in [0.1, 0.15) is 0 Å². The number of hydrogen-bond acceptors (Lipinski definition) is 5. The molecule has 0 atom stereocenters. The Kier molecular flexibility index (Phi) is 5.92. The van der Waals surface area contributed by atoms with Gasteiger partial charge in [-0.05, 0) is 18.6 Å². The molecule has 1 amide bonds. The van der Waals surface area contributed by atoms with Gasteiger partial charge in [0, 0.05) is 25.3 Å². The molecule has 1 aromatic rings. The minimum absolute atomic E-state index is 0.113. The zero-order chi connectivity index (χ0) is 15.1. The lowest BCUT2D eigenvalue weighted by Gasteiger charge is -2.19. The normalized spacial score (nSPS) is 10.2. The van der Waals surface area contributed by atoms with E-state index < -0.39 is 11.5 Å². The van der Waals surface area contributed by atoms with Crippen molar-refractivity contribution >= 4 is 17.3 Å². The summed E-state index contributed by atoms with van der Waals surface area (Å²) >= 11 is 0. The highest BCUT2D eigenvalue weighted by Gasteiger charge is 2.15. The number of anilines is 1. The fourth-order valence-corrected chi connectivity index (χ4v) is 1.74. The minimum atomic E-state index is -0.538. The second-order valence-electron chi connectivity index (χ2n) is 4.43. The number of nitrogens with one attached hydrogen (secondary N) is 1. The van der Waals surface area contributed by atoms with Crippen LogP contribution in [0.2, 0.25) is 0 Å². The molecule has 0 heterocycles. The molecule has 110 valence electrons. The maximum atomic E-state index is 11.6. The number of nitrogens with zero attached hydrogens (tertiary/aromatic N) is 2. The molecule has 7 nitrogen and oxygen atoms in total. The van der Waals surface area contributed by atoms with Crippen molar-refractivity contribution in [1.82, 2.24) is 5.32 Å². The predicted molar refractivity (Wildman–Crippen MR) is 75.6 cm³/mol. The van der Waals surface area contributed by atoms with Gasteiger partial charge in [-0.3, -0.25) is 14.9 Å². The van der Waals surface area contributed by atoms with E-state index in [1.165, 1.54) is 12.1 Å². The Labute approximate surface area is 117 Å². The average molecular weight is 281 g/mol. The molecule has 0 spiro atoms. The average Bonchev–Trinajstić information content (AvgIpc) is 2.44. The summed E-state index contributed by atoms with van der Waals surface area (Å²) in [5, 5.41) is 22.7. The molecule has 0 radical (unpaired) electrons. The number of aliphatic hydroxyl groups is 1. The number of likely N-dealkylation sites (N-methyl/N-ethyl adjacent to an activating group) is 1. The number of hydrogen-bond donors (Lipinski definition) is 2. The lowest BCUT2D eigenvalue weighted by molar-refractivity contribution is -0.385. The fourth-order valence-electron chi connectivity index (χ4n) is 1.74. The predicted octanol–water partition coefficient (Wildman–Crippen LogP) is 1.05. The van der Waals surface area contributed by atoms with Crippen molar-refractivity contribution in [2.75, 3.05) is 25.0 Å². The maximum Gasteiger partial charge on any atom is 0.275 e. The minimum Gasteiger partial charge on any atom is -0.391 e. The number of benzene rings is 1. The van der Waals surface area contributed by atoms with Crippen molar-refractivity contribution in [1.29, 1.82) is 0 Å². The van der Waals surface area contributed by atoms with Gasteiger partial charge in [0.05, 0.1) is 23.6 Å². The first-order valence-electron chi connectivity index (χ1n) is 6.35. The van der Waals surface area contributed by atoms with Gasteiger partial charge in [-0.1, -0.05) is 6.92 Å². The second kappa shape index (κ2) is 7.44. The Balaban J connectivity index is 2.81. The van der Waals surface area contributed by atoms with Crippen molar-refractivity contribution in [2.24, 2.45) is 0 Å². The SMILES string of the molecule is CCCNC(=O)CN(C)c1ccc([N+](=O)[O-])c(CO)c1. The Hall–Kier alpha value is -2.15. The van der Waals surface area contributed by atoms with E-state index in [0.29, 0.717) is 12.2 Å². The van der Waals surface area contributed by atoms with E-state index in [4.69, 9.17) is 5.11 Å². The summed E-state index contributed by atoms with van der Waals surface area (Å²) in [5.74, 6) is -0.113. The Bertz CT molecular complexity index is 491. The number of nitro groups is 1. The van der Waals surface area contributed by atoms with Gasteiger partial charge >= 0.3 is 0 Å². The van der Waals surface area contributed by atoms with Crippen LogP contribution in [0.5, 0.6) is 0 Å². The molecule has 2 N–H and O–H groups in total. The van der Waals surface area contributed by atoms with Crippen molar-refractivity contribution in [3.63, 3.8) is 0 Å². The van der Waals surface area contributed by atoms with Crippen LogP contribution in [0.3, 0.4) is 0 Å². The number of rotatable bonds is 7. The van der Waals surface area contributed by atoms with Crippen LogP contribution in [-0.4, -0.2) is 36.1 Å². The molecule has 20 heavy (non-hydrogen) atoms. The lowest BCUT2D eigenvalue weighted by atomic mass is 10.1. The van der Waals surface area contributed by atoms with E-state index in [1.54, 1.807) is 18.0 Å². The molecular weight excluding hydrogens is 262 g/mol. The smallest absolute Gasteiger partial charge is 0.275 e. The third-order valence-corrected chi connectivity index (χ3v) is 2.82. The van der Waals surface area contributed by atoms with Crippen LogP contribution in [0.25, 0.3) is 0 Å². The molecule has 0 saturated heterocycles. The van der Waals surface area contributed by atoms with E-state index in [-0.39, 0.29) is 23.7 Å². The summed E-state index contributed by atoms with van der Waals surface area (Å²) in [7, 11) is 1.72. The van der Waals surface area contributed by atoms with Gasteiger partial charge in [0.15, 0.2) is 0 Å². The highest BCUT2D eigenvalue weighted by molar-refractivity contribution is 5.81. The van der Waals surface area contributed by atoms with Gasteiger partial charge in [-0.25, -0.2) is 0 Å². The van der Waals surface area contributed by atoms with Gasteiger partial charge in [-0.15, -0.1) is 0 Å². The maximum absolute atomic E-state index is 11.6. The molecule has 1 aromatic carbocycles. The fraction of sp³-hybridized carbons (Fsp3) is 0.462. The summed E-state index contributed by atoms with van der Waals surface area (Å²) in [4.78, 5) is 23.5. The highest BCUT2D eigenvalue weighted by atomic mass is 16.6. The molecule has 0 aliphatic rings. The Morgan fingerprint density at radius 1 is 1.50 bits per heavy atom. The summed E-state index contributed by atoms with van der Waals surface area (Å²) in [6.07, 6.45) is 0.863. The summed E-state index contributed by atoms with van der Waals surface area (Å²) in [6, 6.07) is 4.41.